The molecule has 0 bridgehead atoms. The molecule has 0 aromatic heterocycles. The molecule has 1 atom stereocenters. The van der Waals surface area contributed by atoms with Crippen molar-refractivity contribution in [2.75, 3.05) is 6.61 Å². The SMILES string of the molecule is CCOC(=O)C1(C(F)(F)F)N=C(c2ccccc2)C=CO1. The van der Waals surface area contributed by atoms with E-state index in [-0.39, 0.29) is 12.3 Å². The highest BCUT2D eigenvalue weighted by molar-refractivity contribution is 6.10. The van der Waals surface area contributed by atoms with Crippen LogP contribution in [-0.4, -0.2) is 30.2 Å². The quantitative estimate of drug-likeness (QED) is 0.806. The van der Waals surface area contributed by atoms with Gasteiger partial charge in [0.25, 0.3) is 0 Å². The Morgan fingerprint density at radius 3 is 2.57 bits per heavy atom. The Balaban J connectivity index is 2.50. The number of halogens is 3. The van der Waals surface area contributed by atoms with Gasteiger partial charge in [0.2, 0.25) is 0 Å². The van der Waals surface area contributed by atoms with E-state index in [0.29, 0.717) is 5.56 Å². The topological polar surface area (TPSA) is 47.9 Å². The normalized spacial score (nSPS) is 21.4. The van der Waals surface area contributed by atoms with Gasteiger partial charge in [-0.1, -0.05) is 30.3 Å². The molecule has 0 amide bonds. The third kappa shape index (κ3) is 2.76. The highest BCUT2D eigenvalue weighted by Gasteiger charge is 2.66. The fraction of sp³-hybridized carbons (Fsp3) is 0.286. The zero-order valence-electron chi connectivity index (χ0n) is 11.1. The van der Waals surface area contributed by atoms with Gasteiger partial charge in [-0.3, -0.25) is 0 Å². The largest absolute Gasteiger partial charge is 0.462 e. The second kappa shape index (κ2) is 5.59. The highest BCUT2D eigenvalue weighted by atomic mass is 19.4. The number of aliphatic imine (C=N–C) groups is 1. The summed E-state index contributed by atoms with van der Waals surface area (Å²) in [5.41, 5.74) is -2.93. The first-order chi connectivity index (χ1) is 9.90. The molecule has 1 aromatic carbocycles. The average Bonchev–Trinajstić information content (AvgIpc) is 2.47. The molecule has 1 aromatic rings. The van der Waals surface area contributed by atoms with E-state index in [0.717, 1.165) is 6.26 Å². The molecular weight excluding hydrogens is 287 g/mol. The third-order valence-electron chi connectivity index (χ3n) is 2.75. The van der Waals surface area contributed by atoms with E-state index in [9.17, 15) is 18.0 Å². The lowest BCUT2D eigenvalue weighted by molar-refractivity contribution is -0.261. The Hall–Kier alpha value is -2.31. The number of alkyl halides is 3. The molecule has 0 saturated carbocycles. The Morgan fingerprint density at radius 2 is 2.00 bits per heavy atom. The minimum Gasteiger partial charge on any atom is -0.461 e. The number of ether oxygens (including phenoxy) is 2. The van der Waals surface area contributed by atoms with Gasteiger partial charge in [-0.25, -0.2) is 9.79 Å². The fourth-order valence-corrected chi connectivity index (χ4v) is 1.77. The van der Waals surface area contributed by atoms with Gasteiger partial charge in [-0.2, -0.15) is 13.2 Å². The molecule has 0 radical (unpaired) electrons. The first-order valence-electron chi connectivity index (χ1n) is 6.14. The second-order valence-electron chi connectivity index (χ2n) is 4.15. The summed E-state index contributed by atoms with van der Waals surface area (Å²) >= 11 is 0. The van der Waals surface area contributed by atoms with E-state index < -0.39 is 17.9 Å². The van der Waals surface area contributed by atoms with E-state index in [1.54, 1.807) is 30.3 Å². The summed E-state index contributed by atoms with van der Waals surface area (Å²) in [6, 6.07) is 8.19. The van der Waals surface area contributed by atoms with E-state index in [1.807, 2.05) is 0 Å². The molecule has 2 rings (SSSR count). The number of nitrogens with zero attached hydrogens (tertiary/aromatic N) is 1. The standard InChI is InChI=1S/C14H12F3NO3/c1-2-20-12(19)13(14(15,16)17)18-11(8-9-21-13)10-6-4-3-5-7-10/h3-9H,2H2,1H3. The van der Waals surface area contributed by atoms with Gasteiger partial charge in [-0.05, 0) is 18.6 Å². The molecule has 0 spiro atoms. The predicted molar refractivity (Wildman–Crippen MR) is 68.6 cm³/mol. The number of rotatable bonds is 3. The van der Waals surface area contributed by atoms with Crippen LogP contribution in [0.25, 0.3) is 0 Å². The van der Waals surface area contributed by atoms with Crippen molar-refractivity contribution < 1.29 is 27.4 Å². The van der Waals surface area contributed by atoms with Crippen molar-refractivity contribution in [1.82, 2.24) is 0 Å². The molecule has 1 unspecified atom stereocenters. The first-order valence-corrected chi connectivity index (χ1v) is 6.14. The van der Waals surface area contributed by atoms with Gasteiger partial charge in [0, 0.05) is 0 Å². The lowest BCUT2D eigenvalue weighted by Gasteiger charge is -2.31. The molecule has 0 fully saturated rings. The van der Waals surface area contributed by atoms with Crippen molar-refractivity contribution in [3.05, 3.63) is 48.2 Å². The summed E-state index contributed by atoms with van der Waals surface area (Å²) in [5.74, 6) is -1.59. The molecule has 1 aliphatic heterocycles. The summed E-state index contributed by atoms with van der Waals surface area (Å²) in [5, 5.41) is 0. The lowest BCUT2D eigenvalue weighted by atomic mass is 10.1. The minimum absolute atomic E-state index is 0.00720. The van der Waals surface area contributed by atoms with Crippen molar-refractivity contribution in [3.8, 4) is 0 Å². The highest BCUT2D eigenvalue weighted by Crippen LogP contribution is 2.38. The van der Waals surface area contributed by atoms with Gasteiger partial charge in [0.15, 0.2) is 0 Å². The van der Waals surface area contributed by atoms with Crippen molar-refractivity contribution in [2.45, 2.75) is 18.8 Å². The molecule has 7 heteroatoms. The monoisotopic (exact) mass is 299 g/mol. The van der Waals surface area contributed by atoms with Crippen LogP contribution in [0.3, 0.4) is 0 Å². The molecule has 0 aliphatic carbocycles. The Labute approximate surface area is 118 Å². The van der Waals surface area contributed by atoms with E-state index in [4.69, 9.17) is 0 Å². The lowest BCUT2D eigenvalue weighted by Crippen LogP contribution is -2.54. The second-order valence-corrected chi connectivity index (χ2v) is 4.15. The zero-order valence-corrected chi connectivity index (χ0v) is 11.1. The Kier molecular flexibility index (Phi) is 4.02. The van der Waals surface area contributed by atoms with Crippen molar-refractivity contribution in [3.63, 3.8) is 0 Å². The summed E-state index contributed by atoms with van der Waals surface area (Å²) < 4.78 is 48.9. The van der Waals surface area contributed by atoms with Crippen LogP contribution in [0.4, 0.5) is 13.2 Å². The van der Waals surface area contributed by atoms with E-state index in [2.05, 4.69) is 14.5 Å². The molecule has 4 nitrogen and oxygen atoms in total. The smallest absolute Gasteiger partial charge is 0.461 e. The number of hydrogen-bond donors (Lipinski definition) is 0. The molecule has 1 heterocycles. The van der Waals surface area contributed by atoms with Crippen LogP contribution in [0.2, 0.25) is 0 Å². The van der Waals surface area contributed by atoms with Crippen LogP contribution in [0.15, 0.2) is 47.7 Å². The molecule has 0 saturated heterocycles. The fourth-order valence-electron chi connectivity index (χ4n) is 1.77. The third-order valence-corrected chi connectivity index (χ3v) is 2.75. The predicted octanol–water partition coefficient (Wildman–Crippen LogP) is 2.84. The maximum absolute atomic E-state index is 13.3. The summed E-state index contributed by atoms with van der Waals surface area (Å²) in [4.78, 5) is 15.2. The minimum atomic E-state index is -5.04. The Bertz CT molecular complexity index is 581. The van der Waals surface area contributed by atoms with Crippen molar-refractivity contribution >= 4 is 11.7 Å². The number of hydrogen-bond acceptors (Lipinski definition) is 4. The molecule has 112 valence electrons. The number of allylic oxidation sites excluding steroid dienone is 1. The van der Waals surface area contributed by atoms with Crippen LogP contribution in [0.5, 0.6) is 0 Å². The van der Waals surface area contributed by atoms with Gasteiger partial charge < -0.3 is 9.47 Å². The summed E-state index contributed by atoms with van der Waals surface area (Å²) in [6.07, 6.45) is -2.97. The van der Waals surface area contributed by atoms with Crippen LogP contribution in [-0.2, 0) is 14.3 Å². The summed E-state index contributed by atoms with van der Waals surface area (Å²) in [7, 11) is 0. The summed E-state index contributed by atoms with van der Waals surface area (Å²) in [6.45, 7) is 1.20. The maximum atomic E-state index is 13.3. The first kappa shape index (κ1) is 15.1. The number of carbonyl (C=O) groups is 1. The van der Waals surface area contributed by atoms with E-state index in [1.165, 1.54) is 13.0 Å². The van der Waals surface area contributed by atoms with Crippen LogP contribution < -0.4 is 0 Å². The van der Waals surface area contributed by atoms with Crippen LogP contribution in [0.1, 0.15) is 12.5 Å². The molecule has 0 N–H and O–H groups in total. The zero-order chi connectivity index (χ0) is 15.5. The Morgan fingerprint density at radius 1 is 1.33 bits per heavy atom. The number of benzene rings is 1. The molecular formula is C14H12F3NO3. The molecule has 21 heavy (non-hydrogen) atoms. The van der Waals surface area contributed by atoms with Gasteiger partial charge in [0.1, 0.15) is 0 Å². The van der Waals surface area contributed by atoms with Crippen molar-refractivity contribution in [1.29, 1.82) is 0 Å². The maximum Gasteiger partial charge on any atom is 0.462 e. The van der Waals surface area contributed by atoms with Crippen LogP contribution >= 0.6 is 0 Å². The van der Waals surface area contributed by atoms with E-state index >= 15 is 0 Å². The average molecular weight is 299 g/mol. The van der Waals surface area contributed by atoms with Gasteiger partial charge in [-0.15, -0.1) is 0 Å². The molecule has 1 aliphatic rings. The number of esters is 1. The van der Waals surface area contributed by atoms with Gasteiger partial charge >= 0.3 is 17.9 Å². The number of carbonyl (C=O) groups excluding carboxylic acids is 1. The van der Waals surface area contributed by atoms with Crippen molar-refractivity contribution in [2.24, 2.45) is 4.99 Å². The van der Waals surface area contributed by atoms with Gasteiger partial charge in [0.05, 0.1) is 18.6 Å². The van der Waals surface area contributed by atoms with Crippen LogP contribution in [0, 0.1) is 0 Å².